The zero-order valence-electron chi connectivity index (χ0n) is 21.4. The van der Waals surface area contributed by atoms with Crippen LogP contribution >= 0.6 is 0 Å². The molecule has 7 aliphatic rings. The van der Waals surface area contributed by atoms with Crippen molar-refractivity contribution >= 4 is 5.78 Å². The lowest BCUT2D eigenvalue weighted by atomic mass is 9.43. The molecule has 35 heavy (non-hydrogen) atoms. The Morgan fingerprint density at radius 3 is 2.57 bits per heavy atom. The molecule has 0 amide bonds. The Balaban J connectivity index is 1.20. The third-order valence-corrected chi connectivity index (χ3v) is 12.6. The first kappa shape index (κ1) is 23.3. The molecule has 0 radical (unpaired) electrons. The third kappa shape index (κ3) is 2.52. The summed E-state index contributed by atoms with van der Waals surface area (Å²) in [7, 11) is 0. The van der Waals surface area contributed by atoms with Gasteiger partial charge in [-0.05, 0) is 87.5 Å². The van der Waals surface area contributed by atoms with Gasteiger partial charge in [0.1, 0.15) is 22.9 Å². The molecule has 0 aromatic carbocycles. The zero-order chi connectivity index (χ0) is 24.9. The molecule has 7 heteroatoms. The van der Waals surface area contributed by atoms with E-state index in [0.717, 1.165) is 12.8 Å². The maximum absolute atomic E-state index is 13.3. The minimum absolute atomic E-state index is 0.0186. The van der Waals surface area contributed by atoms with Crippen molar-refractivity contribution in [2.24, 2.45) is 40.4 Å². The molecule has 7 nitrogen and oxygen atoms in total. The Hall–Kier alpha value is -0.830. The molecular weight excluding hydrogens is 448 g/mol. The zero-order valence-corrected chi connectivity index (χ0v) is 21.4. The standard InChI is InChI=1S/C28H40O7/c1-13(17-12-25(3)27(5,35-25)23(31)33-17)20-16(29)11-15-19-14(8-10-24(15,20)2)26(4)18(30)7-6-9-28(26,32)22-21(19)34-22/h6-7,13-17,19-23,29,31-32H,8-12H2,1-5H3/t13-,14-,15+,16-,17-,19-,20+,21+,22+,23-,24+,25+,26+,27-,28+/m1/s1. The van der Waals surface area contributed by atoms with E-state index in [1.807, 2.05) is 20.8 Å². The van der Waals surface area contributed by atoms with Crippen LogP contribution < -0.4 is 0 Å². The first-order chi connectivity index (χ1) is 16.3. The first-order valence-corrected chi connectivity index (χ1v) is 13.6. The molecule has 0 unspecified atom stereocenters. The molecule has 0 bridgehead atoms. The summed E-state index contributed by atoms with van der Waals surface area (Å²) in [5.74, 6) is 0.489. The van der Waals surface area contributed by atoms with E-state index in [0.29, 0.717) is 19.3 Å². The summed E-state index contributed by atoms with van der Waals surface area (Å²) in [6.45, 7) is 10.4. The van der Waals surface area contributed by atoms with Crippen LogP contribution in [0.1, 0.15) is 66.7 Å². The van der Waals surface area contributed by atoms with Crippen molar-refractivity contribution in [2.45, 2.75) is 114 Å². The van der Waals surface area contributed by atoms with Gasteiger partial charge in [0.15, 0.2) is 12.1 Å². The lowest BCUT2D eigenvalue weighted by molar-refractivity contribution is -0.208. The van der Waals surface area contributed by atoms with Crippen LogP contribution in [-0.2, 0) is 19.0 Å². The molecule has 3 saturated carbocycles. The number of aliphatic hydroxyl groups excluding tert-OH is 2. The van der Waals surface area contributed by atoms with Crippen LogP contribution in [0.2, 0.25) is 0 Å². The second-order valence-electron chi connectivity index (χ2n) is 13.8. The van der Waals surface area contributed by atoms with E-state index in [4.69, 9.17) is 14.2 Å². The predicted molar refractivity (Wildman–Crippen MR) is 125 cm³/mol. The highest BCUT2D eigenvalue weighted by molar-refractivity contribution is 5.97. The topological polar surface area (TPSA) is 112 Å². The minimum atomic E-state index is -1.14. The average Bonchev–Trinajstić information content (AvgIpc) is 3.66. The van der Waals surface area contributed by atoms with E-state index >= 15 is 0 Å². The van der Waals surface area contributed by atoms with Gasteiger partial charge in [-0.15, -0.1) is 0 Å². The fourth-order valence-corrected chi connectivity index (χ4v) is 10.3. The van der Waals surface area contributed by atoms with E-state index in [2.05, 4.69) is 13.8 Å². The van der Waals surface area contributed by atoms with Crippen molar-refractivity contribution in [1.82, 2.24) is 0 Å². The Labute approximate surface area is 207 Å². The van der Waals surface area contributed by atoms with Crippen LogP contribution in [-0.4, -0.2) is 68.6 Å². The summed E-state index contributed by atoms with van der Waals surface area (Å²) >= 11 is 0. The van der Waals surface area contributed by atoms with Crippen molar-refractivity contribution in [2.75, 3.05) is 0 Å². The second kappa shape index (κ2) is 6.59. The molecule has 4 aliphatic carbocycles. The maximum Gasteiger partial charge on any atom is 0.186 e. The van der Waals surface area contributed by atoms with Crippen molar-refractivity contribution in [3.8, 4) is 0 Å². The van der Waals surface area contributed by atoms with E-state index in [9.17, 15) is 20.1 Å². The fraction of sp³-hybridized carbons (Fsp3) is 0.893. The molecule has 0 aromatic heterocycles. The molecule has 3 heterocycles. The van der Waals surface area contributed by atoms with E-state index in [-0.39, 0.29) is 59.1 Å². The summed E-state index contributed by atoms with van der Waals surface area (Å²) in [5.41, 5.74) is -3.15. The highest BCUT2D eigenvalue weighted by Crippen LogP contribution is 2.72. The molecule has 3 saturated heterocycles. The normalized spacial score (nSPS) is 64.9. The lowest BCUT2D eigenvalue weighted by Crippen LogP contribution is -2.67. The molecule has 3 N–H and O–H groups in total. The van der Waals surface area contributed by atoms with Crippen molar-refractivity contribution in [3.63, 3.8) is 0 Å². The molecule has 0 spiro atoms. The van der Waals surface area contributed by atoms with Gasteiger partial charge in [-0.2, -0.15) is 0 Å². The maximum atomic E-state index is 13.3. The molecule has 7 rings (SSSR count). The number of carbonyl (C=O) groups excluding carboxylic acids is 1. The van der Waals surface area contributed by atoms with Crippen LogP contribution in [0.5, 0.6) is 0 Å². The van der Waals surface area contributed by atoms with E-state index in [1.165, 1.54) is 0 Å². The number of aliphatic hydroxyl groups is 3. The summed E-state index contributed by atoms with van der Waals surface area (Å²) in [6.07, 6.45) is 5.07. The van der Waals surface area contributed by atoms with Crippen molar-refractivity contribution in [3.05, 3.63) is 12.2 Å². The van der Waals surface area contributed by atoms with E-state index in [1.54, 1.807) is 12.2 Å². The number of ether oxygens (including phenoxy) is 3. The summed E-state index contributed by atoms with van der Waals surface area (Å²) in [6, 6.07) is 0. The van der Waals surface area contributed by atoms with Crippen LogP contribution in [0.25, 0.3) is 0 Å². The molecule has 194 valence electrons. The van der Waals surface area contributed by atoms with Gasteiger partial charge in [-0.25, -0.2) is 0 Å². The number of carbonyl (C=O) groups is 1. The van der Waals surface area contributed by atoms with Gasteiger partial charge in [0.25, 0.3) is 0 Å². The summed E-state index contributed by atoms with van der Waals surface area (Å²) in [5, 5.41) is 33.9. The number of hydrogen-bond donors (Lipinski definition) is 3. The summed E-state index contributed by atoms with van der Waals surface area (Å²) in [4.78, 5) is 13.3. The monoisotopic (exact) mass is 488 g/mol. The molecule has 3 aliphatic heterocycles. The molecule has 6 fully saturated rings. The highest BCUT2D eigenvalue weighted by Gasteiger charge is 2.78. The largest absolute Gasteiger partial charge is 0.393 e. The number of allylic oxidation sites excluding steroid dienone is 1. The highest BCUT2D eigenvalue weighted by atomic mass is 16.7. The van der Waals surface area contributed by atoms with E-state index < -0.39 is 34.6 Å². The van der Waals surface area contributed by atoms with Gasteiger partial charge in [0.05, 0.1) is 23.7 Å². The van der Waals surface area contributed by atoms with Crippen LogP contribution in [0.15, 0.2) is 12.2 Å². The van der Waals surface area contributed by atoms with Crippen molar-refractivity contribution < 1.29 is 34.3 Å². The molecule has 15 atom stereocenters. The quantitative estimate of drug-likeness (QED) is 0.512. The number of rotatable bonds is 2. The third-order valence-electron chi connectivity index (χ3n) is 12.6. The number of epoxide rings is 2. The predicted octanol–water partition coefficient (Wildman–Crippen LogP) is 2.35. The van der Waals surface area contributed by atoms with Crippen LogP contribution in [0.4, 0.5) is 0 Å². The average molecular weight is 489 g/mol. The van der Waals surface area contributed by atoms with Gasteiger partial charge in [-0.3, -0.25) is 4.79 Å². The van der Waals surface area contributed by atoms with Crippen LogP contribution in [0, 0.1) is 40.4 Å². The first-order valence-electron chi connectivity index (χ1n) is 13.6. The Morgan fingerprint density at radius 2 is 1.86 bits per heavy atom. The van der Waals surface area contributed by atoms with Gasteiger partial charge in [-0.1, -0.05) is 19.9 Å². The Morgan fingerprint density at radius 1 is 1.11 bits per heavy atom. The SMILES string of the molecule is C[C@@H]([C@H]1[C@H](O)C[C@H]2[C@@H]3[C@@H]4O[C@@H]4[C@@]4(O)CC=CC(=O)[C@]4(C)[C@@H]3CC[C@]12C)[C@H]1C[C@]2(C)O[C@]2(C)[C@H](O)O1. The fourth-order valence-electron chi connectivity index (χ4n) is 10.3. The Bertz CT molecular complexity index is 1010. The smallest absolute Gasteiger partial charge is 0.186 e. The lowest BCUT2D eigenvalue weighted by Gasteiger charge is -2.60. The molecule has 0 aromatic rings. The number of ketones is 1. The van der Waals surface area contributed by atoms with Crippen molar-refractivity contribution in [1.29, 1.82) is 0 Å². The van der Waals surface area contributed by atoms with Gasteiger partial charge in [0, 0.05) is 6.42 Å². The number of fused-ring (bicyclic) bond motifs is 9. The molecular formula is C28H40O7. The van der Waals surface area contributed by atoms with Gasteiger partial charge < -0.3 is 29.5 Å². The van der Waals surface area contributed by atoms with Gasteiger partial charge >= 0.3 is 0 Å². The Kier molecular flexibility index (Phi) is 4.39. The minimum Gasteiger partial charge on any atom is -0.393 e. The second-order valence-corrected chi connectivity index (χ2v) is 13.8. The summed E-state index contributed by atoms with van der Waals surface area (Å²) < 4.78 is 18.2. The number of hydrogen-bond acceptors (Lipinski definition) is 7. The van der Waals surface area contributed by atoms with Crippen LogP contribution in [0.3, 0.4) is 0 Å². The van der Waals surface area contributed by atoms with Gasteiger partial charge in [0.2, 0.25) is 0 Å².